The summed E-state index contributed by atoms with van der Waals surface area (Å²) in [5.41, 5.74) is 2.04. The number of benzene rings is 1. The molecule has 0 aliphatic heterocycles. The monoisotopic (exact) mass is 464 g/mol. The fourth-order valence-electron chi connectivity index (χ4n) is 3.68. The zero-order valence-corrected chi connectivity index (χ0v) is 21.1. The number of amides is 1. The Hall–Kier alpha value is -3.35. The SMILES string of the molecule is CCCCCNc1ccc2cc(-c3cc(OC)cc(OC)c3)c(NC(=O)CC(C)(C)C)nc2n1. The van der Waals surface area contributed by atoms with E-state index in [1.54, 1.807) is 14.2 Å². The summed E-state index contributed by atoms with van der Waals surface area (Å²) in [6, 6.07) is 11.6. The van der Waals surface area contributed by atoms with Crippen LogP contribution in [0, 0.1) is 5.41 Å². The Labute approximate surface area is 202 Å². The number of hydrogen-bond acceptors (Lipinski definition) is 6. The van der Waals surface area contributed by atoms with Crippen LogP contribution in [0.4, 0.5) is 11.6 Å². The van der Waals surface area contributed by atoms with Crippen molar-refractivity contribution in [1.82, 2.24) is 9.97 Å². The Morgan fingerprint density at radius 1 is 0.971 bits per heavy atom. The highest BCUT2D eigenvalue weighted by molar-refractivity contribution is 5.97. The van der Waals surface area contributed by atoms with Crippen LogP contribution in [0.2, 0.25) is 0 Å². The number of pyridine rings is 2. The first-order chi connectivity index (χ1) is 16.2. The van der Waals surface area contributed by atoms with E-state index in [2.05, 4.69) is 17.6 Å². The van der Waals surface area contributed by atoms with Crippen LogP contribution in [0.3, 0.4) is 0 Å². The predicted molar refractivity (Wildman–Crippen MR) is 139 cm³/mol. The number of anilines is 2. The molecule has 0 fully saturated rings. The summed E-state index contributed by atoms with van der Waals surface area (Å²) in [4.78, 5) is 22.3. The number of rotatable bonds is 10. The highest BCUT2D eigenvalue weighted by atomic mass is 16.5. The Morgan fingerprint density at radius 2 is 1.68 bits per heavy atom. The zero-order chi connectivity index (χ0) is 24.7. The highest BCUT2D eigenvalue weighted by Crippen LogP contribution is 2.35. The lowest BCUT2D eigenvalue weighted by molar-refractivity contribution is -0.117. The van der Waals surface area contributed by atoms with Gasteiger partial charge in [0.05, 0.1) is 14.2 Å². The van der Waals surface area contributed by atoms with Gasteiger partial charge in [-0.1, -0.05) is 40.5 Å². The molecule has 0 aliphatic carbocycles. The first-order valence-electron chi connectivity index (χ1n) is 11.8. The lowest BCUT2D eigenvalue weighted by Gasteiger charge is -2.19. The molecule has 2 N–H and O–H groups in total. The van der Waals surface area contributed by atoms with Crippen LogP contribution >= 0.6 is 0 Å². The minimum Gasteiger partial charge on any atom is -0.497 e. The molecular formula is C27H36N4O3. The van der Waals surface area contributed by atoms with E-state index in [0.29, 0.717) is 29.4 Å². The second-order valence-electron chi connectivity index (χ2n) is 9.65. The summed E-state index contributed by atoms with van der Waals surface area (Å²) in [5.74, 6) is 2.47. The van der Waals surface area contributed by atoms with Crippen LogP contribution in [0.1, 0.15) is 53.4 Å². The first-order valence-corrected chi connectivity index (χ1v) is 11.8. The van der Waals surface area contributed by atoms with E-state index in [0.717, 1.165) is 35.3 Å². The number of nitrogens with zero attached hydrogens (tertiary/aromatic N) is 2. The van der Waals surface area contributed by atoms with Crippen LogP contribution in [0.25, 0.3) is 22.2 Å². The van der Waals surface area contributed by atoms with Crippen molar-refractivity contribution in [3.8, 4) is 22.6 Å². The van der Waals surface area contributed by atoms with Gasteiger partial charge in [-0.15, -0.1) is 0 Å². The fourth-order valence-corrected chi connectivity index (χ4v) is 3.68. The lowest BCUT2D eigenvalue weighted by atomic mass is 9.92. The van der Waals surface area contributed by atoms with E-state index in [1.807, 2.05) is 57.2 Å². The number of hydrogen-bond donors (Lipinski definition) is 2. The molecule has 3 rings (SSSR count). The standard InChI is InChI=1S/C27H36N4O3/c1-7-8-9-12-28-23-11-10-18-15-22(19-13-20(33-5)16-21(14-19)34-6)26(31-25(18)29-23)30-24(32)17-27(2,3)4/h10-11,13-16H,7-9,12,17H2,1-6H3,(H2,28,29,30,31,32). The smallest absolute Gasteiger partial charge is 0.226 e. The van der Waals surface area contributed by atoms with Gasteiger partial charge >= 0.3 is 0 Å². The van der Waals surface area contributed by atoms with Gasteiger partial charge in [-0.2, -0.15) is 0 Å². The number of ether oxygens (including phenoxy) is 2. The highest BCUT2D eigenvalue weighted by Gasteiger charge is 2.19. The summed E-state index contributed by atoms with van der Waals surface area (Å²) in [5, 5.41) is 7.27. The van der Waals surface area contributed by atoms with Crippen molar-refractivity contribution in [2.75, 3.05) is 31.4 Å². The van der Waals surface area contributed by atoms with Gasteiger partial charge in [-0.3, -0.25) is 4.79 Å². The average Bonchev–Trinajstić information content (AvgIpc) is 2.79. The molecule has 1 aromatic carbocycles. The van der Waals surface area contributed by atoms with Crippen LogP contribution in [-0.4, -0.2) is 36.6 Å². The Balaban J connectivity index is 2.05. The second kappa shape index (κ2) is 11.2. The van der Waals surface area contributed by atoms with Crippen LogP contribution < -0.4 is 20.1 Å². The van der Waals surface area contributed by atoms with Crippen LogP contribution in [-0.2, 0) is 4.79 Å². The molecule has 0 spiro atoms. The van der Waals surface area contributed by atoms with Crippen molar-refractivity contribution >= 4 is 28.6 Å². The van der Waals surface area contributed by atoms with Crippen LogP contribution in [0.15, 0.2) is 36.4 Å². The minimum absolute atomic E-state index is 0.0932. The van der Waals surface area contributed by atoms with Crippen LogP contribution in [0.5, 0.6) is 11.5 Å². The Bertz CT molecular complexity index is 1120. The number of fused-ring (bicyclic) bond motifs is 1. The maximum atomic E-state index is 12.8. The maximum Gasteiger partial charge on any atom is 0.226 e. The summed E-state index contributed by atoms with van der Waals surface area (Å²) >= 11 is 0. The number of unbranched alkanes of at least 4 members (excludes halogenated alkanes) is 2. The molecule has 0 radical (unpaired) electrons. The number of carbonyl (C=O) groups is 1. The number of carbonyl (C=O) groups excluding carboxylic acids is 1. The predicted octanol–water partition coefficient (Wildman–Crippen LogP) is 6.29. The molecule has 2 heterocycles. The normalized spacial score (nSPS) is 11.4. The van der Waals surface area contributed by atoms with Crippen molar-refractivity contribution in [2.45, 2.75) is 53.4 Å². The van der Waals surface area contributed by atoms with Crippen molar-refractivity contribution in [2.24, 2.45) is 5.41 Å². The molecule has 0 bridgehead atoms. The molecule has 0 saturated heterocycles. The quantitative estimate of drug-likeness (QED) is 0.343. The van der Waals surface area contributed by atoms with Crippen molar-refractivity contribution in [3.05, 3.63) is 36.4 Å². The summed E-state index contributed by atoms with van der Waals surface area (Å²) in [7, 11) is 3.23. The molecule has 34 heavy (non-hydrogen) atoms. The van der Waals surface area contributed by atoms with E-state index < -0.39 is 0 Å². The molecule has 0 saturated carbocycles. The van der Waals surface area contributed by atoms with E-state index in [4.69, 9.17) is 19.4 Å². The third-order valence-electron chi connectivity index (χ3n) is 5.38. The van der Waals surface area contributed by atoms with Gasteiger partial charge in [0, 0.05) is 30.0 Å². The van der Waals surface area contributed by atoms with Crippen molar-refractivity contribution < 1.29 is 14.3 Å². The van der Waals surface area contributed by atoms with Gasteiger partial charge in [-0.25, -0.2) is 9.97 Å². The minimum atomic E-state index is -0.145. The molecule has 0 unspecified atom stereocenters. The molecule has 182 valence electrons. The van der Waals surface area contributed by atoms with Gasteiger partial charge < -0.3 is 20.1 Å². The van der Waals surface area contributed by atoms with Gasteiger partial charge in [0.1, 0.15) is 23.1 Å². The number of aromatic nitrogens is 2. The topological polar surface area (TPSA) is 85.4 Å². The average molecular weight is 465 g/mol. The summed E-state index contributed by atoms with van der Waals surface area (Å²) in [6.45, 7) is 9.15. The largest absolute Gasteiger partial charge is 0.497 e. The van der Waals surface area contributed by atoms with Crippen molar-refractivity contribution in [1.29, 1.82) is 0 Å². The van der Waals surface area contributed by atoms with E-state index >= 15 is 0 Å². The number of methoxy groups -OCH3 is 2. The Morgan fingerprint density at radius 3 is 2.29 bits per heavy atom. The maximum absolute atomic E-state index is 12.8. The molecule has 7 nitrogen and oxygen atoms in total. The zero-order valence-electron chi connectivity index (χ0n) is 21.1. The molecular weight excluding hydrogens is 428 g/mol. The molecule has 3 aromatic rings. The van der Waals surface area contributed by atoms with E-state index in [-0.39, 0.29) is 11.3 Å². The van der Waals surface area contributed by atoms with Gasteiger partial charge in [0.2, 0.25) is 5.91 Å². The fraction of sp³-hybridized carbons (Fsp3) is 0.444. The molecule has 7 heteroatoms. The van der Waals surface area contributed by atoms with E-state index in [9.17, 15) is 4.79 Å². The lowest BCUT2D eigenvalue weighted by Crippen LogP contribution is -2.20. The third kappa shape index (κ3) is 6.83. The van der Waals surface area contributed by atoms with Crippen molar-refractivity contribution in [3.63, 3.8) is 0 Å². The van der Waals surface area contributed by atoms with Gasteiger partial charge in [-0.05, 0) is 47.7 Å². The van der Waals surface area contributed by atoms with Gasteiger partial charge in [0.25, 0.3) is 0 Å². The van der Waals surface area contributed by atoms with Gasteiger partial charge in [0.15, 0.2) is 5.65 Å². The molecule has 2 aromatic heterocycles. The molecule has 1 amide bonds. The molecule has 0 aliphatic rings. The third-order valence-corrected chi connectivity index (χ3v) is 5.38. The molecule has 0 atom stereocenters. The number of nitrogens with one attached hydrogen (secondary N) is 2. The summed E-state index contributed by atoms with van der Waals surface area (Å²) < 4.78 is 10.9. The van der Waals surface area contributed by atoms with E-state index in [1.165, 1.54) is 12.8 Å². The second-order valence-corrected chi connectivity index (χ2v) is 9.65. The first kappa shape index (κ1) is 25.3. The Kier molecular flexibility index (Phi) is 8.31. The summed E-state index contributed by atoms with van der Waals surface area (Å²) in [6.07, 6.45) is 3.81.